The second-order valence-electron chi connectivity index (χ2n) is 9.13. The van der Waals surface area contributed by atoms with E-state index in [1.54, 1.807) is 12.0 Å². The Morgan fingerprint density at radius 2 is 1.73 bits per heavy atom. The molecule has 1 aliphatic rings. The minimum atomic E-state index is -1.95. The number of anilines is 1. The summed E-state index contributed by atoms with van der Waals surface area (Å²) in [6, 6.07) is 15.6. The quantitative estimate of drug-likeness (QED) is 0.531. The van der Waals surface area contributed by atoms with Crippen molar-refractivity contribution in [2.45, 2.75) is 45.4 Å². The number of nitrogens with zero attached hydrogens (tertiary/aromatic N) is 2. The Labute approximate surface area is 181 Å². The van der Waals surface area contributed by atoms with Gasteiger partial charge in [0, 0.05) is 25.4 Å². The van der Waals surface area contributed by atoms with E-state index in [0.29, 0.717) is 13.1 Å². The van der Waals surface area contributed by atoms with Crippen LogP contribution < -0.4 is 14.1 Å². The molecule has 30 heavy (non-hydrogen) atoms. The minimum Gasteiger partial charge on any atom is -0.543 e. The number of benzene rings is 2. The highest BCUT2D eigenvalue weighted by Gasteiger charge is 2.39. The summed E-state index contributed by atoms with van der Waals surface area (Å²) in [5.74, 6) is 1.62. The van der Waals surface area contributed by atoms with Crippen molar-refractivity contribution in [2.75, 3.05) is 18.6 Å². The van der Waals surface area contributed by atoms with Crippen molar-refractivity contribution in [3.63, 3.8) is 0 Å². The number of amides is 2. The molecule has 0 saturated carbocycles. The van der Waals surface area contributed by atoms with Gasteiger partial charge in [-0.25, -0.2) is 4.79 Å². The van der Waals surface area contributed by atoms with E-state index in [1.165, 1.54) is 0 Å². The fourth-order valence-electron chi connectivity index (χ4n) is 3.00. The van der Waals surface area contributed by atoms with E-state index in [0.717, 1.165) is 22.7 Å². The molecule has 160 valence electrons. The number of rotatable bonds is 6. The number of urea groups is 1. The number of ether oxygens (including phenoxy) is 1. The molecule has 5 nitrogen and oxygen atoms in total. The van der Waals surface area contributed by atoms with Crippen molar-refractivity contribution in [1.82, 2.24) is 4.90 Å². The van der Waals surface area contributed by atoms with E-state index in [9.17, 15) is 4.79 Å². The topological polar surface area (TPSA) is 42.0 Å². The highest BCUT2D eigenvalue weighted by Crippen LogP contribution is 2.38. The van der Waals surface area contributed by atoms with Gasteiger partial charge in [-0.15, -0.1) is 0 Å². The van der Waals surface area contributed by atoms with E-state index in [-0.39, 0.29) is 11.1 Å². The average Bonchev–Trinajstić information content (AvgIpc) is 2.69. The third kappa shape index (κ3) is 4.87. The number of methoxy groups -OCH3 is 1. The Bertz CT molecular complexity index is 917. The maximum absolute atomic E-state index is 13.2. The molecule has 0 aromatic heterocycles. The van der Waals surface area contributed by atoms with Crippen LogP contribution in [0, 0.1) is 0 Å². The summed E-state index contributed by atoms with van der Waals surface area (Å²) in [5, 5.41) is 0.110. The molecule has 0 spiro atoms. The van der Waals surface area contributed by atoms with Crippen molar-refractivity contribution in [3.8, 4) is 11.5 Å². The van der Waals surface area contributed by atoms with Crippen LogP contribution in [-0.2, 0) is 6.54 Å². The Morgan fingerprint density at radius 3 is 2.37 bits per heavy atom. The summed E-state index contributed by atoms with van der Waals surface area (Å²) in [6.45, 7) is 12.2. The van der Waals surface area contributed by atoms with Crippen LogP contribution in [0.1, 0.15) is 26.3 Å². The van der Waals surface area contributed by atoms with Crippen LogP contribution >= 0.6 is 0 Å². The van der Waals surface area contributed by atoms with Gasteiger partial charge in [0.05, 0.1) is 12.8 Å². The van der Waals surface area contributed by atoms with Crippen molar-refractivity contribution in [3.05, 3.63) is 66.4 Å². The molecule has 3 rings (SSSR count). The first-order valence-electron chi connectivity index (χ1n) is 10.3. The summed E-state index contributed by atoms with van der Waals surface area (Å²) in [5.41, 5.74) is 1.88. The van der Waals surface area contributed by atoms with Gasteiger partial charge in [-0.2, -0.15) is 0 Å². The van der Waals surface area contributed by atoms with Crippen LogP contribution in [-0.4, -0.2) is 32.9 Å². The van der Waals surface area contributed by atoms with Crippen LogP contribution in [0.4, 0.5) is 10.5 Å². The molecule has 0 saturated heterocycles. The standard InChI is InChI=1S/C24H32N2O3Si/c1-24(2,3)30(5,6)29-22-10-7-9-20(17-22)26-16-8-15-25(23(26)27)18-19-11-13-21(28-4)14-12-19/h7-14,16-17H,15,18H2,1-6H3. The maximum Gasteiger partial charge on any atom is 0.329 e. The molecule has 0 fully saturated rings. The van der Waals surface area contributed by atoms with E-state index < -0.39 is 8.32 Å². The van der Waals surface area contributed by atoms with Crippen molar-refractivity contribution in [1.29, 1.82) is 0 Å². The van der Waals surface area contributed by atoms with Crippen molar-refractivity contribution in [2.24, 2.45) is 0 Å². The van der Waals surface area contributed by atoms with Gasteiger partial charge >= 0.3 is 6.03 Å². The lowest BCUT2D eigenvalue weighted by Crippen LogP contribution is -2.44. The van der Waals surface area contributed by atoms with E-state index in [4.69, 9.17) is 9.16 Å². The normalized spacial score (nSPS) is 14.8. The Balaban J connectivity index is 1.76. The third-order valence-electron chi connectivity index (χ3n) is 5.86. The predicted molar refractivity (Wildman–Crippen MR) is 125 cm³/mol. The van der Waals surface area contributed by atoms with Crippen LogP contribution in [0.5, 0.6) is 11.5 Å². The molecule has 0 N–H and O–H groups in total. The second kappa shape index (κ2) is 8.56. The molecule has 0 unspecified atom stereocenters. The number of hydrogen-bond acceptors (Lipinski definition) is 3. The molecule has 1 heterocycles. The summed E-state index contributed by atoms with van der Waals surface area (Å²) >= 11 is 0. The zero-order valence-corrected chi connectivity index (χ0v) is 19.8. The third-order valence-corrected chi connectivity index (χ3v) is 10.2. The molecule has 2 aromatic rings. The van der Waals surface area contributed by atoms with E-state index in [2.05, 4.69) is 33.9 Å². The molecule has 2 amide bonds. The zero-order chi connectivity index (χ0) is 21.9. The zero-order valence-electron chi connectivity index (χ0n) is 18.8. The summed E-state index contributed by atoms with van der Waals surface area (Å²) in [6.07, 6.45) is 3.85. The highest BCUT2D eigenvalue weighted by molar-refractivity contribution is 6.74. The maximum atomic E-state index is 13.2. The number of carbonyl (C=O) groups excluding carboxylic acids is 1. The fourth-order valence-corrected chi connectivity index (χ4v) is 4.02. The lowest BCUT2D eigenvalue weighted by atomic mass is 10.2. The predicted octanol–water partition coefficient (Wildman–Crippen LogP) is 6.04. The van der Waals surface area contributed by atoms with Crippen molar-refractivity contribution < 1.29 is 14.0 Å². The largest absolute Gasteiger partial charge is 0.543 e. The van der Waals surface area contributed by atoms with Gasteiger partial charge in [0.2, 0.25) is 8.32 Å². The van der Waals surface area contributed by atoms with Crippen LogP contribution in [0.25, 0.3) is 0 Å². The number of carbonyl (C=O) groups is 1. The molecular weight excluding hydrogens is 392 g/mol. The van der Waals surface area contributed by atoms with Crippen LogP contribution in [0.3, 0.4) is 0 Å². The minimum absolute atomic E-state index is 0.0437. The van der Waals surface area contributed by atoms with Gasteiger partial charge in [-0.1, -0.05) is 39.0 Å². The lowest BCUT2D eigenvalue weighted by molar-refractivity contribution is 0.208. The first-order chi connectivity index (χ1) is 14.1. The van der Waals surface area contributed by atoms with Gasteiger partial charge < -0.3 is 14.1 Å². The number of hydrogen-bond donors (Lipinski definition) is 0. The molecule has 0 radical (unpaired) electrons. The summed E-state index contributed by atoms with van der Waals surface area (Å²) in [4.78, 5) is 16.7. The van der Waals surface area contributed by atoms with Crippen LogP contribution in [0.15, 0.2) is 60.8 Å². The summed E-state index contributed by atoms with van der Waals surface area (Å²) in [7, 11) is -0.302. The van der Waals surface area contributed by atoms with E-state index in [1.807, 2.05) is 65.7 Å². The molecule has 0 atom stereocenters. The van der Waals surface area contributed by atoms with E-state index >= 15 is 0 Å². The molecule has 6 heteroatoms. The van der Waals surface area contributed by atoms with Gasteiger partial charge in [0.1, 0.15) is 11.5 Å². The average molecular weight is 425 g/mol. The van der Waals surface area contributed by atoms with Gasteiger partial charge in [0.15, 0.2) is 0 Å². The fraction of sp³-hybridized carbons (Fsp3) is 0.375. The SMILES string of the molecule is COc1ccc(CN2CC=CN(c3cccc(O[Si](C)(C)C(C)(C)C)c3)C2=O)cc1. The van der Waals surface area contributed by atoms with Gasteiger partial charge in [-0.05, 0) is 54.0 Å². The first-order valence-corrected chi connectivity index (χ1v) is 13.2. The highest BCUT2D eigenvalue weighted by atomic mass is 28.4. The monoisotopic (exact) mass is 424 g/mol. The molecule has 1 aliphatic heterocycles. The lowest BCUT2D eigenvalue weighted by Gasteiger charge is -2.37. The molecule has 2 aromatic carbocycles. The van der Waals surface area contributed by atoms with Gasteiger partial charge in [0.25, 0.3) is 0 Å². The first kappa shape index (κ1) is 22.0. The van der Waals surface area contributed by atoms with Gasteiger partial charge in [-0.3, -0.25) is 4.90 Å². The van der Waals surface area contributed by atoms with Crippen LogP contribution in [0.2, 0.25) is 18.1 Å². The molecule has 0 aliphatic carbocycles. The molecular formula is C24H32N2O3Si. The Morgan fingerprint density at radius 1 is 1.03 bits per heavy atom. The summed E-state index contributed by atoms with van der Waals surface area (Å²) < 4.78 is 11.6. The van der Waals surface area contributed by atoms with Crippen molar-refractivity contribution >= 4 is 20.0 Å². The Kier molecular flexibility index (Phi) is 6.27. The molecule has 0 bridgehead atoms. The smallest absolute Gasteiger partial charge is 0.329 e. The Hall–Kier alpha value is -2.73. The second-order valence-corrected chi connectivity index (χ2v) is 13.9.